The first kappa shape index (κ1) is 18.5. The molecule has 2 N–H and O–H groups in total. The Hall–Kier alpha value is -2.57. The zero-order chi connectivity index (χ0) is 17.6. The molecule has 2 amide bonds. The van der Waals surface area contributed by atoms with Gasteiger partial charge in [-0.3, -0.25) is 4.79 Å². The van der Waals surface area contributed by atoms with Crippen LogP contribution in [0, 0.1) is 0 Å². The van der Waals surface area contributed by atoms with Crippen molar-refractivity contribution in [2.45, 2.75) is 46.3 Å². The predicted octanol–water partition coefficient (Wildman–Crippen LogP) is 2.46. The summed E-state index contributed by atoms with van der Waals surface area (Å²) in [7, 11) is 0. The predicted molar refractivity (Wildman–Crippen MR) is 85.2 cm³/mol. The molecule has 0 radical (unpaired) electrons. The number of nitrogens with one attached hydrogen (secondary N) is 2. The molecular weight excluding hydrogens is 300 g/mol. The summed E-state index contributed by atoms with van der Waals surface area (Å²) >= 11 is 0. The molecule has 0 aliphatic carbocycles. The summed E-state index contributed by atoms with van der Waals surface area (Å²) in [5.74, 6) is -0.505. The number of amides is 2. The first-order valence-corrected chi connectivity index (χ1v) is 7.15. The second-order valence-electron chi connectivity index (χ2n) is 5.99. The van der Waals surface area contributed by atoms with Gasteiger partial charge in [0.1, 0.15) is 17.4 Å². The van der Waals surface area contributed by atoms with Crippen LogP contribution in [0.1, 0.15) is 34.6 Å². The first-order valence-electron chi connectivity index (χ1n) is 7.15. The molecule has 126 valence electrons. The van der Waals surface area contributed by atoms with E-state index < -0.39 is 23.7 Å². The smallest absolute Gasteiger partial charge is 0.408 e. The summed E-state index contributed by atoms with van der Waals surface area (Å²) in [5, 5.41) is 5.00. The fourth-order valence-corrected chi connectivity index (χ4v) is 1.56. The molecule has 1 rings (SSSR count). The topological polar surface area (TPSA) is 93.7 Å². The van der Waals surface area contributed by atoms with Crippen LogP contribution in [0.25, 0.3) is 0 Å². The van der Waals surface area contributed by atoms with Gasteiger partial charge < -0.3 is 20.1 Å². The lowest BCUT2D eigenvalue weighted by atomic mass is 10.2. The van der Waals surface area contributed by atoms with E-state index in [1.54, 1.807) is 45.0 Å². The molecule has 0 heterocycles. The highest BCUT2D eigenvalue weighted by atomic mass is 16.6. The highest BCUT2D eigenvalue weighted by Crippen LogP contribution is 2.16. The standard InChI is InChI=1S/C16H22N2O5/c1-10(17-15(21)23-16(3,4)5)14(20)22-13-8-6-12(7-9-13)18-11(2)19/h6-10H,1-5H3,(H,17,21)(H,18,19). The average Bonchev–Trinajstić information content (AvgIpc) is 2.37. The van der Waals surface area contributed by atoms with Gasteiger partial charge in [0.25, 0.3) is 0 Å². The van der Waals surface area contributed by atoms with Gasteiger partial charge in [0.15, 0.2) is 0 Å². The van der Waals surface area contributed by atoms with Crippen molar-refractivity contribution in [2.24, 2.45) is 0 Å². The molecule has 0 aliphatic rings. The number of carbonyl (C=O) groups excluding carboxylic acids is 3. The zero-order valence-corrected chi connectivity index (χ0v) is 13.9. The molecule has 1 atom stereocenters. The van der Waals surface area contributed by atoms with Crippen LogP contribution < -0.4 is 15.4 Å². The highest BCUT2D eigenvalue weighted by Gasteiger charge is 2.22. The van der Waals surface area contributed by atoms with E-state index in [1.165, 1.54) is 13.8 Å². The zero-order valence-electron chi connectivity index (χ0n) is 13.9. The van der Waals surface area contributed by atoms with E-state index in [2.05, 4.69) is 10.6 Å². The third-order valence-electron chi connectivity index (χ3n) is 2.48. The van der Waals surface area contributed by atoms with Crippen LogP contribution in [0.2, 0.25) is 0 Å². The molecule has 0 spiro atoms. The Kier molecular flexibility index (Phi) is 6.12. The van der Waals surface area contributed by atoms with Crippen LogP contribution in [0.3, 0.4) is 0 Å². The van der Waals surface area contributed by atoms with Gasteiger partial charge in [0.2, 0.25) is 5.91 Å². The van der Waals surface area contributed by atoms with Crippen molar-refractivity contribution in [3.63, 3.8) is 0 Å². The number of carbonyl (C=O) groups is 3. The lowest BCUT2D eigenvalue weighted by Gasteiger charge is -2.21. The van der Waals surface area contributed by atoms with E-state index in [9.17, 15) is 14.4 Å². The number of esters is 1. The summed E-state index contributed by atoms with van der Waals surface area (Å²) in [6, 6.07) is 5.44. The van der Waals surface area contributed by atoms with Gasteiger partial charge in [-0.15, -0.1) is 0 Å². The van der Waals surface area contributed by atoms with Gasteiger partial charge in [0, 0.05) is 12.6 Å². The Bertz CT molecular complexity index is 575. The van der Waals surface area contributed by atoms with Crippen LogP contribution >= 0.6 is 0 Å². The van der Waals surface area contributed by atoms with Crippen molar-refractivity contribution in [2.75, 3.05) is 5.32 Å². The maximum absolute atomic E-state index is 11.9. The Morgan fingerprint density at radius 3 is 2.13 bits per heavy atom. The van der Waals surface area contributed by atoms with E-state index in [1.807, 2.05) is 0 Å². The normalized spacial score (nSPS) is 12.0. The molecule has 7 nitrogen and oxygen atoms in total. The maximum Gasteiger partial charge on any atom is 0.408 e. The second-order valence-corrected chi connectivity index (χ2v) is 5.99. The molecule has 0 aliphatic heterocycles. The van der Waals surface area contributed by atoms with Crippen molar-refractivity contribution >= 4 is 23.7 Å². The van der Waals surface area contributed by atoms with Crippen LogP contribution in [-0.4, -0.2) is 29.6 Å². The summed E-state index contributed by atoms with van der Waals surface area (Å²) in [6.07, 6.45) is -0.692. The number of alkyl carbamates (subject to hydrolysis) is 1. The fourth-order valence-electron chi connectivity index (χ4n) is 1.56. The quantitative estimate of drug-likeness (QED) is 0.656. The molecule has 1 aromatic carbocycles. The minimum atomic E-state index is -0.861. The maximum atomic E-state index is 11.9. The number of hydrogen-bond donors (Lipinski definition) is 2. The molecule has 0 fully saturated rings. The Labute approximate surface area is 135 Å². The van der Waals surface area contributed by atoms with E-state index in [0.29, 0.717) is 11.4 Å². The van der Waals surface area contributed by atoms with Gasteiger partial charge >= 0.3 is 12.1 Å². The van der Waals surface area contributed by atoms with Gasteiger partial charge in [-0.2, -0.15) is 0 Å². The van der Waals surface area contributed by atoms with E-state index in [-0.39, 0.29) is 5.91 Å². The monoisotopic (exact) mass is 322 g/mol. The van der Waals surface area contributed by atoms with E-state index in [4.69, 9.17) is 9.47 Å². The van der Waals surface area contributed by atoms with Crippen molar-refractivity contribution in [1.82, 2.24) is 5.32 Å². The van der Waals surface area contributed by atoms with Gasteiger partial charge in [-0.25, -0.2) is 9.59 Å². The Morgan fingerprint density at radius 1 is 1.09 bits per heavy atom. The first-order chi connectivity index (χ1) is 10.6. The summed E-state index contributed by atoms with van der Waals surface area (Å²) in [5.41, 5.74) is -0.0509. The van der Waals surface area contributed by atoms with Crippen LogP contribution in [-0.2, 0) is 14.3 Å². The molecule has 1 aromatic rings. The fraction of sp³-hybridized carbons (Fsp3) is 0.438. The lowest BCUT2D eigenvalue weighted by molar-refractivity contribution is -0.136. The number of anilines is 1. The number of hydrogen-bond acceptors (Lipinski definition) is 5. The Balaban J connectivity index is 2.54. The van der Waals surface area contributed by atoms with Crippen LogP contribution in [0.15, 0.2) is 24.3 Å². The van der Waals surface area contributed by atoms with Crippen molar-refractivity contribution in [3.05, 3.63) is 24.3 Å². The number of benzene rings is 1. The van der Waals surface area contributed by atoms with Crippen LogP contribution in [0.4, 0.5) is 10.5 Å². The second kappa shape index (κ2) is 7.62. The third-order valence-corrected chi connectivity index (χ3v) is 2.48. The van der Waals surface area contributed by atoms with Crippen molar-refractivity contribution in [1.29, 1.82) is 0 Å². The van der Waals surface area contributed by atoms with E-state index in [0.717, 1.165) is 0 Å². The van der Waals surface area contributed by atoms with Crippen molar-refractivity contribution in [3.8, 4) is 5.75 Å². The Morgan fingerprint density at radius 2 is 1.65 bits per heavy atom. The largest absolute Gasteiger partial charge is 0.444 e. The molecule has 0 bridgehead atoms. The molecular formula is C16H22N2O5. The lowest BCUT2D eigenvalue weighted by Crippen LogP contribution is -2.43. The summed E-state index contributed by atoms with van der Waals surface area (Å²) < 4.78 is 10.2. The average molecular weight is 322 g/mol. The number of ether oxygens (including phenoxy) is 2. The molecule has 0 aromatic heterocycles. The molecule has 1 unspecified atom stereocenters. The molecule has 0 saturated heterocycles. The molecule has 7 heteroatoms. The SMILES string of the molecule is CC(=O)Nc1ccc(OC(=O)C(C)NC(=O)OC(C)(C)C)cc1. The summed E-state index contributed by atoms with van der Waals surface area (Å²) in [6.45, 7) is 8.08. The minimum Gasteiger partial charge on any atom is -0.444 e. The van der Waals surface area contributed by atoms with Crippen LogP contribution in [0.5, 0.6) is 5.75 Å². The van der Waals surface area contributed by atoms with Crippen molar-refractivity contribution < 1.29 is 23.9 Å². The number of rotatable bonds is 4. The molecule has 23 heavy (non-hydrogen) atoms. The van der Waals surface area contributed by atoms with Gasteiger partial charge in [0.05, 0.1) is 0 Å². The highest BCUT2D eigenvalue weighted by molar-refractivity contribution is 5.88. The molecule has 0 saturated carbocycles. The van der Waals surface area contributed by atoms with Gasteiger partial charge in [-0.1, -0.05) is 0 Å². The van der Waals surface area contributed by atoms with Gasteiger partial charge in [-0.05, 0) is 52.0 Å². The summed E-state index contributed by atoms with van der Waals surface area (Å²) in [4.78, 5) is 34.4. The minimum absolute atomic E-state index is 0.190. The third kappa shape index (κ3) is 7.30. The van der Waals surface area contributed by atoms with E-state index >= 15 is 0 Å².